The van der Waals surface area contributed by atoms with Crippen LogP contribution in [0.4, 0.5) is 11.6 Å². The fourth-order valence-electron chi connectivity index (χ4n) is 3.66. The van der Waals surface area contributed by atoms with Crippen LogP contribution in [0.15, 0.2) is 29.0 Å². The Morgan fingerprint density at radius 1 is 0.808 bits per heavy atom. The van der Waals surface area contributed by atoms with E-state index in [0.717, 1.165) is 56.5 Å². The second-order valence-corrected chi connectivity index (χ2v) is 7.72. The summed E-state index contributed by atoms with van der Waals surface area (Å²) in [5, 5.41) is 12.8. The molecule has 4 rings (SSSR count). The van der Waals surface area contributed by atoms with Crippen molar-refractivity contribution in [1.82, 2.24) is 15.1 Å². The highest BCUT2D eigenvalue weighted by molar-refractivity contribution is 7.08. The summed E-state index contributed by atoms with van der Waals surface area (Å²) in [7, 11) is 0. The minimum atomic E-state index is 0.133. The molecule has 2 aliphatic rings. The van der Waals surface area contributed by atoms with Crippen molar-refractivity contribution in [2.45, 2.75) is 25.7 Å². The van der Waals surface area contributed by atoms with E-state index in [-0.39, 0.29) is 5.91 Å². The van der Waals surface area contributed by atoms with Crippen molar-refractivity contribution < 1.29 is 4.79 Å². The Kier molecular flexibility index (Phi) is 5.34. The Morgan fingerprint density at radius 3 is 1.96 bits per heavy atom. The molecule has 0 radical (unpaired) electrons. The van der Waals surface area contributed by atoms with Crippen LogP contribution < -0.4 is 9.80 Å². The minimum Gasteiger partial charge on any atom is -0.355 e. The van der Waals surface area contributed by atoms with E-state index in [1.54, 1.807) is 11.3 Å². The lowest BCUT2D eigenvalue weighted by molar-refractivity contribution is 0.0747. The molecule has 0 spiro atoms. The predicted molar refractivity (Wildman–Crippen MR) is 105 cm³/mol. The Balaban J connectivity index is 1.35. The van der Waals surface area contributed by atoms with Crippen LogP contribution in [0.1, 0.15) is 36.0 Å². The molecule has 1 amide bonds. The lowest BCUT2D eigenvalue weighted by Crippen LogP contribution is -2.49. The summed E-state index contributed by atoms with van der Waals surface area (Å²) >= 11 is 1.56. The largest absolute Gasteiger partial charge is 0.355 e. The van der Waals surface area contributed by atoms with Gasteiger partial charge in [0.25, 0.3) is 5.91 Å². The fourth-order valence-corrected chi connectivity index (χ4v) is 4.29. The van der Waals surface area contributed by atoms with Crippen molar-refractivity contribution in [3.63, 3.8) is 0 Å². The highest BCUT2D eigenvalue weighted by atomic mass is 32.1. The third-order valence-corrected chi connectivity index (χ3v) is 5.91. The van der Waals surface area contributed by atoms with Gasteiger partial charge in [-0.2, -0.15) is 11.3 Å². The van der Waals surface area contributed by atoms with E-state index in [0.29, 0.717) is 0 Å². The number of amides is 1. The number of piperazine rings is 1. The van der Waals surface area contributed by atoms with Gasteiger partial charge in [-0.15, -0.1) is 10.2 Å². The lowest BCUT2D eigenvalue weighted by atomic mass is 10.2. The standard InChI is InChI=1S/C19H25N5OS/c25-19(16-7-14-26-15-16)24-12-10-23(11-13-24)18-6-5-17(20-21-18)22-8-3-1-2-4-9-22/h5-7,14-15H,1-4,8-13H2. The summed E-state index contributed by atoms with van der Waals surface area (Å²) in [5.41, 5.74) is 0.796. The Labute approximate surface area is 158 Å². The van der Waals surface area contributed by atoms with Gasteiger partial charge in [-0.1, -0.05) is 12.8 Å². The Hall–Kier alpha value is -2.15. The number of carbonyl (C=O) groups excluding carboxylic acids is 1. The molecule has 2 aromatic rings. The number of anilines is 2. The number of nitrogens with zero attached hydrogens (tertiary/aromatic N) is 5. The molecular formula is C19H25N5OS. The SMILES string of the molecule is O=C(c1ccsc1)N1CCN(c2ccc(N3CCCCCC3)nn2)CC1. The van der Waals surface area contributed by atoms with E-state index in [1.807, 2.05) is 21.7 Å². The van der Waals surface area contributed by atoms with E-state index >= 15 is 0 Å². The third-order valence-electron chi connectivity index (χ3n) is 5.23. The number of hydrogen-bond acceptors (Lipinski definition) is 6. The first kappa shape index (κ1) is 17.3. The minimum absolute atomic E-state index is 0.133. The molecule has 2 aliphatic heterocycles. The van der Waals surface area contributed by atoms with Crippen LogP contribution in [0.3, 0.4) is 0 Å². The normalized spacial score (nSPS) is 18.7. The first-order valence-corrected chi connectivity index (χ1v) is 10.4. The quantitative estimate of drug-likeness (QED) is 0.830. The molecule has 2 aromatic heterocycles. The highest BCUT2D eigenvalue weighted by Crippen LogP contribution is 2.20. The maximum Gasteiger partial charge on any atom is 0.254 e. The molecule has 0 unspecified atom stereocenters. The summed E-state index contributed by atoms with van der Waals surface area (Å²) in [6, 6.07) is 6.06. The van der Waals surface area contributed by atoms with E-state index in [9.17, 15) is 4.79 Å². The molecule has 4 heterocycles. The van der Waals surface area contributed by atoms with E-state index in [4.69, 9.17) is 0 Å². The fraction of sp³-hybridized carbons (Fsp3) is 0.526. The van der Waals surface area contributed by atoms with Crippen molar-refractivity contribution >= 4 is 28.9 Å². The number of thiophene rings is 1. The third kappa shape index (κ3) is 3.82. The monoisotopic (exact) mass is 371 g/mol. The Morgan fingerprint density at radius 2 is 1.42 bits per heavy atom. The molecule has 138 valence electrons. The van der Waals surface area contributed by atoms with E-state index < -0.39 is 0 Å². The van der Waals surface area contributed by atoms with Gasteiger partial charge in [-0.3, -0.25) is 4.79 Å². The Bertz CT molecular complexity index is 702. The zero-order valence-corrected chi connectivity index (χ0v) is 15.8. The second kappa shape index (κ2) is 8.03. The lowest BCUT2D eigenvalue weighted by Gasteiger charge is -2.35. The van der Waals surface area contributed by atoms with Crippen LogP contribution in [0.25, 0.3) is 0 Å². The van der Waals surface area contributed by atoms with Gasteiger partial charge in [-0.05, 0) is 36.4 Å². The van der Waals surface area contributed by atoms with Crippen molar-refractivity contribution in [3.8, 4) is 0 Å². The average Bonchev–Trinajstić information content (AvgIpc) is 3.10. The van der Waals surface area contributed by atoms with Gasteiger partial charge in [0.05, 0.1) is 5.56 Å². The zero-order chi connectivity index (χ0) is 17.8. The number of carbonyl (C=O) groups is 1. The smallest absolute Gasteiger partial charge is 0.254 e. The van der Waals surface area contributed by atoms with Gasteiger partial charge in [-0.25, -0.2) is 0 Å². The highest BCUT2D eigenvalue weighted by Gasteiger charge is 2.23. The topological polar surface area (TPSA) is 52.6 Å². The van der Waals surface area contributed by atoms with Crippen molar-refractivity contribution in [2.24, 2.45) is 0 Å². The van der Waals surface area contributed by atoms with Crippen molar-refractivity contribution in [1.29, 1.82) is 0 Å². The van der Waals surface area contributed by atoms with Gasteiger partial charge < -0.3 is 14.7 Å². The maximum atomic E-state index is 12.4. The first-order chi connectivity index (χ1) is 12.8. The van der Waals surface area contributed by atoms with E-state index in [1.165, 1.54) is 25.7 Å². The summed E-state index contributed by atoms with van der Waals surface area (Å²) in [6.45, 7) is 5.21. The van der Waals surface area contributed by atoms with Crippen molar-refractivity contribution in [3.05, 3.63) is 34.5 Å². The number of aromatic nitrogens is 2. The molecule has 0 N–H and O–H groups in total. The van der Waals surface area contributed by atoms with Crippen LogP contribution in [0, 0.1) is 0 Å². The molecule has 0 atom stereocenters. The molecular weight excluding hydrogens is 346 g/mol. The van der Waals surface area contributed by atoms with Crippen LogP contribution >= 0.6 is 11.3 Å². The van der Waals surface area contributed by atoms with E-state index in [2.05, 4.69) is 32.1 Å². The van der Waals surface area contributed by atoms with Gasteiger partial charge >= 0.3 is 0 Å². The molecule has 0 aromatic carbocycles. The molecule has 26 heavy (non-hydrogen) atoms. The molecule has 0 bridgehead atoms. The average molecular weight is 372 g/mol. The predicted octanol–water partition coefficient (Wildman–Crippen LogP) is 2.88. The summed E-state index contributed by atoms with van der Waals surface area (Å²) in [6.07, 6.45) is 5.11. The second-order valence-electron chi connectivity index (χ2n) is 6.94. The summed E-state index contributed by atoms with van der Waals surface area (Å²) < 4.78 is 0. The number of rotatable bonds is 3. The van der Waals surface area contributed by atoms with Crippen LogP contribution in [0.5, 0.6) is 0 Å². The molecule has 2 saturated heterocycles. The van der Waals surface area contributed by atoms with Gasteiger partial charge in [0.1, 0.15) is 0 Å². The molecule has 0 aliphatic carbocycles. The molecule has 2 fully saturated rings. The van der Waals surface area contributed by atoms with Gasteiger partial charge in [0.15, 0.2) is 11.6 Å². The zero-order valence-electron chi connectivity index (χ0n) is 15.0. The van der Waals surface area contributed by atoms with Crippen molar-refractivity contribution in [2.75, 3.05) is 49.1 Å². The molecule has 7 heteroatoms. The first-order valence-electron chi connectivity index (χ1n) is 9.46. The van der Waals surface area contributed by atoms with Gasteiger partial charge in [0, 0.05) is 44.6 Å². The summed E-state index contributed by atoms with van der Waals surface area (Å²) in [4.78, 5) is 18.9. The van der Waals surface area contributed by atoms with Gasteiger partial charge in [0.2, 0.25) is 0 Å². The maximum absolute atomic E-state index is 12.4. The number of hydrogen-bond donors (Lipinski definition) is 0. The van der Waals surface area contributed by atoms with Crippen LogP contribution in [-0.4, -0.2) is 60.3 Å². The van der Waals surface area contributed by atoms with Crippen LogP contribution in [-0.2, 0) is 0 Å². The van der Waals surface area contributed by atoms with Crippen LogP contribution in [0.2, 0.25) is 0 Å². The molecule has 0 saturated carbocycles. The molecule has 6 nitrogen and oxygen atoms in total. The summed E-state index contributed by atoms with van der Waals surface area (Å²) in [5.74, 6) is 2.03.